The Morgan fingerprint density at radius 2 is 2.15 bits per heavy atom. The van der Waals surface area contributed by atoms with Gasteiger partial charge in [-0.2, -0.15) is 5.10 Å². The van der Waals surface area contributed by atoms with Crippen molar-refractivity contribution in [3.8, 4) is 0 Å². The molecular weight excluding hydrogens is 248 g/mol. The molecule has 20 heavy (non-hydrogen) atoms. The molecule has 2 atom stereocenters. The number of aromatic nitrogens is 3. The monoisotopic (exact) mass is 272 g/mol. The zero-order valence-electron chi connectivity index (χ0n) is 12.8. The van der Waals surface area contributed by atoms with Gasteiger partial charge < -0.3 is 5.32 Å². The number of aryl methyl sites for hydroxylation is 1. The number of rotatable bonds is 6. The Morgan fingerprint density at radius 3 is 2.80 bits per heavy atom. The Labute approximate surface area is 121 Å². The molecule has 1 N–H and O–H groups in total. The molecule has 0 aliphatic carbocycles. The molecule has 108 valence electrons. The van der Waals surface area contributed by atoms with Crippen LogP contribution >= 0.6 is 0 Å². The summed E-state index contributed by atoms with van der Waals surface area (Å²) in [5, 5.41) is 8.03. The van der Waals surface area contributed by atoms with Crippen molar-refractivity contribution in [2.45, 2.75) is 45.7 Å². The predicted molar refractivity (Wildman–Crippen MR) is 81.7 cm³/mol. The van der Waals surface area contributed by atoms with Crippen LogP contribution in [0.25, 0.3) is 0 Å². The topological polar surface area (TPSA) is 42.7 Å². The van der Waals surface area contributed by atoms with E-state index >= 15 is 0 Å². The molecule has 0 radical (unpaired) electrons. The molecule has 4 nitrogen and oxygen atoms in total. The molecular formula is C16H24N4. The summed E-state index contributed by atoms with van der Waals surface area (Å²) in [6, 6.07) is 5.00. The standard InChI is InChI=1S/C16H24N4/c1-5-13(3)20-7-6-15(19-20)9-16(17-4)14-8-12(2)10-18-11-14/h6-8,10-11,13,16-17H,5,9H2,1-4H3. The first-order chi connectivity index (χ1) is 9.63. The van der Waals surface area contributed by atoms with Crippen LogP contribution in [0.4, 0.5) is 0 Å². The number of likely N-dealkylation sites (N-methyl/N-ethyl adjacent to an activating group) is 1. The quantitative estimate of drug-likeness (QED) is 0.879. The Hall–Kier alpha value is -1.68. The van der Waals surface area contributed by atoms with Crippen molar-refractivity contribution in [2.75, 3.05) is 7.05 Å². The van der Waals surface area contributed by atoms with Crippen molar-refractivity contribution in [3.05, 3.63) is 47.5 Å². The summed E-state index contributed by atoms with van der Waals surface area (Å²) in [7, 11) is 1.98. The Kier molecular flexibility index (Phi) is 4.90. The van der Waals surface area contributed by atoms with E-state index in [-0.39, 0.29) is 6.04 Å². The van der Waals surface area contributed by atoms with Crippen LogP contribution in [-0.2, 0) is 6.42 Å². The molecule has 0 aliphatic heterocycles. The first-order valence-corrected chi connectivity index (χ1v) is 7.26. The number of nitrogens with zero attached hydrogens (tertiary/aromatic N) is 3. The predicted octanol–water partition coefficient (Wildman–Crippen LogP) is 3.06. The van der Waals surface area contributed by atoms with E-state index in [0.717, 1.165) is 18.5 Å². The molecule has 0 spiro atoms. The maximum Gasteiger partial charge on any atom is 0.0643 e. The van der Waals surface area contributed by atoms with Crippen LogP contribution in [0.15, 0.2) is 30.7 Å². The second kappa shape index (κ2) is 6.66. The van der Waals surface area contributed by atoms with Crippen LogP contribution in [0.1, 0.15) is 49.2 Å². The average Bonchev–Trinajstić information content (AvgIpc) is 2.92. The van der Waals surface area contributed by atoms with Gasteiger partial charge in [0.15, 0.2) is 0 Å². The van der Waals surface area contributed by atoms with Crippen LogP contribution in [-0.4, -0.2) is 21.8 Å². The summed E-state index contributed by atoms with van der Waals surface area (Å²) in [5.74, 6) is 0. The maximum absolute atomic E-state index is 4.67. The molecule has 0 saturated carbocycles. The largest absolute Gasteiger partial charge is 0.313 e. The fourth-order valence-electron chi connectivity index (χ4n) is 2.28. The van der Waals surface area contributed by atoms with E-state index in [1.165, 1.54) is 11.1 Å². The van der Waals surface area contributed by atoms with Crippen molar-refractivity contribution in [3.63, 3.8) is 0 Å². The lowest BCUT2D eigenvalue weighted by molar-refractivity contribution is 0.469. The van der Waals surface area contributed by atoms with Gasteiger partial charge in [-0.3, -0.25) is 9.67 Å². The lowest BCUT2D eigenvalue weighted by atomic mass is 10.0. The van der Waals surface area contributed by atoms with Crippen LogP contribution in [0.2, 0.25) is 0 Å². The van der Waals surface area contributed by atoms with Gasteiger partial charge in [-0.1, -0.05) is 13.0 Å². The summed E-state index contributed by atoms with van der Waals surface area (Å²) >= 11 is 0. The Balaban J connectivity index is 2.12. The summed E-state index contributed by atoms with van der Waals surface area (Å²) < 4.78 is 2.05. The zero-order valence-corrected chi connectivity index (χ0v) is 12.8. The highest BCUT2D eigenvalue weighted by Crippen LogP contribution is 2.18. The SMILES string of the molecule is CCC(C)n1ccc(CC(NC)c2cncc(C)c2)n1. The maximum atomic E-state index is 4.67. The van der Waals surface area contributed by atoms with Gasteiger partial charge in [0.2, 0.25) is 0 Å². The van der Waals surface area contributed by atoms with E-state index in [2.05, 4.69) is 59.2 Å². The van der Waals surface area contributed by atoms with Gasteiger partial charge in [0, 0.05) is 37.1 Å². The van der Waals surface area contributed by atoms with Crippen molar-refractivity contribution in [2.24, 2.45) is 0 Å². The highest BCUT2D eigenvalue weighted by Gasteiger charge is 2.13. The minimum atomic E-state index is 0.252. The number of pyridine rings is 1. The highest BCUT2D eigenvalue weighted by molar-refractivity contribution is 5.21. The summed E-state index contributed by atoms with van der Waals surface area (Å²) in [6.07, 6.45) is 7.86. The Morgan fingerprint density at radius 1 is 1.35 bits per heavy atom. The first-order valence-electron chi connectivity index (χ1n) is 7.26. The van der Waals surface area contributed by atoms with Gasteiger partial charge in [0.05, 0.1) is 5.69 Å². The average molecular weight is 272 g/mol. The molecule has 4 heteroatoms. The highest BCUT2D eigenvalue weighted by atomic mass is 15.3. The van der Waals surface area contributed by atoms with Gasteiger partial charge in [-0.05, 0) is 44.5 Å². The number of hydrogen-bond acceptors (Lipinski definition) is 3. The lowest BCUT2D eigenvalue weighted by Crippen LogP contribution is -2.19. The third-order valence-electron chi connectivity index (χ3n) is 3.77. The van der Waals surface area contributed by atoms with E-state index in [0.29, 0.717) is 6.04 Å². The Bertz CT molecular complexity index is 547. The van der Waals surface area contributed by atoms with E-state index in [1.54, 1.807) is 0 Å². The second-order valence-electron chi connectivity index (χ2n) is 5.39. The van der Waals surface area contributed by atoms with Gasteiger partial charge in [0.25, 0.3) is 0 Å². The molecule has 2 unspecified atom stereocenters. The molecule has 2 rings (SSSR count). The van der Waals surface area contributed by atoms with Crippen molar-refractivity contribution < 1.29 is 0 Å². The third-order valence-corrected chi connectivity index (χ3v) is 3.77. The zero-order chi connectivity index (χ0) is 14.5. The van der Waals surface area contributed by atoms with E-state index in [4.69, 9.17) is 0 Å². The summed E-state index contributed by atoms with van der Waals surface area (Å²) in [6.45, 7) is 6.44. The fraction of sp³-hybridized carbons (Fsp3) is 0.500. The summed E-state index contributed by atoms with van der Waals surface area (Å²) in [5.41, 5.74) is 3.52. The number of nitrogens with one attached hydrogen (secondary N) is 1. The van der Waals surface area contributed by atoms with Crippen LogP contribution < -0.4 is 5.32 Å². The second-order valence-corrected chi connectivity index (χ2v) is 5.39. The third kappa shape index (κ3) is 3.45. The molecule has 0 bridgehead atoms. The normalized spacial score (nSPS) is 14.2. The molecule has 0 fully saturated rings. The molecule has 0 saturated heterocycles. The van der Waals surface area contributed by atoms with Crippen LogP contribution in [0.3, 0.4) is 0 Å². The van der Waals surface area contributed by atoms with E-state index < -0.39 is 0 Å². The van der Waals surface area contributed by atoms with Gasteiger partial charge in [0.1, 0.15) is 0 Å². The van der Waals surface area contributed by atoms with Crippen LogP contribution in [0.5, 0.6) is 0 Å². The van der Waals surface area contributed by atoms with Crippen molar-refractivity contribution >= 4 is 0 Å². The minimum absolute atomic E-state index is 0.252. The van der Waals surface area contributed by atoms with Crippen molar-refractivity contribution in [1.82, 2.24) is 20.1 Å². The molecule has 0 aliphatic rings. The molecule has 2 heterocycles. The molecule has 0 aromatic carbocycles. The summed E-state index contributed by atoms with van der Waals surface area (Å²) in [4.78, 5) is 4.28. The van der Waals surface area contributed by atoms with Gasteiger partial charge in [-0.15, -0.1) is 0 Å². The first kappa shape index (κ1) is 14.7. The number of hydrogen-bond donors (Lipinski definition) is 1. The molecule has 0 amide bonds. The van der Waals surface area contributed by atoms with Gasteiger partial charge in [-0.25, -0.2) is 0 Å². The minimum Gasteiger partial charge on any atom is -0.313 e. The lowest BCUT2D eigenvalue weighted by Gasteiger charge is -2.15. The van der Waals surface area contributed by atoms with Crippen molar-refractivity contribution in [1.29, 1.82) is 0 Å². The van der Waals surface area contributed by atoms with E-state index in [1.807, 2.05) is 19.4 Å². The molecule has 2 aromatic rings. The van der Waals surface area contributed by atoms with Crippen LogP contribution in [0, 0.1) is 6.92 Å². The van der Waals surface area contributed by atoms with Gasteiger partial charge >= 0.3 is 0 Å². The fourth-order valence-corrected chi connectivity index (χ4v) is 2.28. The molecule has 2 aromatic heterocycles. The smallest absolute Gasteiger partial charge is 0.0643 e. The van der Waals surface area contributed by atoms with E-state index in [9.17, 15) is 0 Å².